The second-order valence-corrected chi connectivity index (χ2v) is 13.4. The molecule has 0 aromatic heterocycles. The fourth-order valence-electron chi connectivity index (χ4n) is 5.68. The van der Waals surface area contributed by atoms with Crippen molar-refractivity contribution in [2.45, 2.75) is 77.4 Å². The largest absolute Gasteiger partial charge is 0.497 e. The molecule has 0 saturated carbocycles. The van der Waals surface area contributed by atoms with Gasteiger partial charge in [-0.1, -0.05) is 85.6 Å². The van der Waals surface area contributed by atoms with Crippen molar-refractivity contribution >= 4 is 14.6 Å². The van der Waals surface area contributed by atoms with E-state index in [0.717, 1.165) is 48.1 Å². The lowest BCUT2D eigenvalue weighted by molar-refractivity contribution is 0.144. The fraction of sp³-hybridized carbons (Fsp3) is 0.474. The highest BCUT2D eigenvalue weighted by molar-refractivity contribution is 7.44. The number of alkyl carbamates (subject to hydrolysis) is 1. The average molecular weight is 677 g/mol. The first-order chi connectivity index (χ1) is 23.3. The molecule has 3 aromatic rings. The van der Waals surface area contributed by atoms with E-state index in [1.54, 1.807) is 7.11 Å². The van der Waals surface area contributed by atoms with Crippen molar-refractivity contribution in [3.8, 4) is 11.8 Å². The molecule has 48 heavy (non-hydrogen) atoms. The van der Waals surface area contributed by atoms with Gasteiger partial charge in [-0.05, 0) is 69.4 Å². The van der Waals surface area contributed by atoms with Gasteiger partial charge in [0, 0.05) is 25.2 Å². The topological polar surface area (TPSA) is 105 Å². The minimum absolute atomic E-state index is 0.212. The van der Waals surface area contributed by atoms with Gasteiger partial charge in [0.2, 0.25) is 0 Å². The number of rotatable bonds is 22. The number of methoxy groups -OCH3 is 1. The molecule has 9 nitrogen and oxygen atoms in total. The van der Waals surface area contributed by atoms with Crippen LogP contribution >= 0.6 is 8.53 Å². The zero-order valence-electron chi connectivity index (χ0n) is 29.2. The molecule has 260 valence electrons. The lowest BCUT2D eigenvalue weighted by Gasteiger charge is -2.37. The number of amides is 1. The van der Waals surface area contributed by atoms with Gasteiger partial charge < -0.3 is 23.8 Å². The Morgan fingerprint density at radius 2 is 1.33 bits per heavy atom. The SMILES string of the molecule is COc1ccc(C(NCCOC(=O)NCCCCCCOP(OCCC#N)N(C(C)C)C(C)C)(c2ccccc2)c2ccccc2)cc1. The molecule has 1 amide bonds. The number of benzene rings is 3. The van der Waals surface area contributed by atoms with Crippen molar-refractivity contribution in [3.05, 3.63) is 102 Å². The lowest BCUT2D eigenvalue weighted by Crippen LogP contribution is -2.46. The molecule has 0 spiro atoms. The Balaban J connectivity index is 1.45. The summed E-state index contributed by atoms with van der Waals surface area (Å²) >= 11 is 0. The maximum Gasteiger partial charge on any atom is 0.407 e. The molecule has 0 fully saturated rings. The van der Waals surface area contributed by atoms with E-state index in [0.29, 0.717) is 32.7 Å². The van der Waals surface area contributed by atoms with Crippen molar-refractivity contribution in [1.29, 1.82) is 5.26 Å². The molecular formula is C38H53N4O5P. The monoisotopic (exact) mass is 676 g/mol. The van der Waals surface area contributed by atoms with E-state index in [9.17, 15) is 4.79 Å². The van der Waals surface area contributed by atoms with Crippen LogP contribution in [0.3, 0.4) is 0 Å². The van der Waals surface area contributed by atoms with Crippen LogP contribution in [-0.2, 0) is 19.3 Å². The number of nitrogens with one attached hydrogen (secondary N) is 2. The van der Waals surface area contributed by atoms with E-state index in [1.807, 2.05) is 48.5 Å². The van der Waals surface area contributed by atoms with Crippen LogP contribution in [0.25, 0.3) is 0 Å². The lowest BCUT2D eigenvalue weighted by atomic mass is 9.77. The van der Waals surface area contributed by atoms with Crippen LogP contribution < -0.4 is 15.4 Å². The van der Waals surface area contributed by atoms with E-state index in [2.05, 4.69) is 85.5 Å². The molecule has 0 aliphatic carbocycles. The van der Waals surface area contributed by atoms with Crippen molar-refractivity contribution in [2.24, 2.45) is 0 Å². The van der Waals surface area contributed by atoms with Gasteiger partial charge in [-0.15, -0.1) is 0 Å². The van der Waals surface area contributed by atoms with Crippen LogP contribution in [0.4, 0.5) is 4.79 Å². The molecule has 1 unspecified atom stereocenters. The predicted octanol–water partition coefficient (Wildman–Crippen LogP) is 8.16. The quantitative estimate of drug-likeness (QED) is 0.0624. The number of carbonyl (C=O) groups is 1. The van der Waals surface area contributed by atoms with Crippen molar-refractivity contribution in [2.75, 3.05) is 40.0 Å². The van der Waals surface area contributed by atoms with Gasteiger partial charge in [0.15, 0.2) is 0 Å². The maximum absolute atomic E-state index is 12.5. The first kappa shape index (κ1) is 38.9. The van der Waals surface area contributed by atoms with Gasteiger partial charge in [-0.25, -0.2) is 9.46 Å². The molecule has 1 atom stereocenters. The average Bonchev–Trinajstić information content (AvgIpc) is 3.10. The third-order valence-corrected chi connectivity index (χ3v) is 9.97. The molecule has 3 rings (SSSR count). The van der Waals surface area contributed by atoms with E-state index >= 15 is 0 Å². The molecule has 2 N–H and O–H groups in total. The summed E-state index contributed by atoms with van der Waals surface area (Å²) in [5, 5.41) is 15.5. The van der Waals surface area contributed by atoms with Crippen LogP contribution in [0, 0.1) is 11.3 Å². The van der Waals surface area contributed by atoms with Crippen molar-refractivity contribution < 1.29 is 23.3 Å². The summed E-state index contributed by atoms with van der Waals surface area (Å²) in [4.78, 5) is 12.5. The second kappa shape index (κ2) is 21.5. The standard InChI is InChI=1S/C38H53N4O5P/c1-31(2)42(32(3)4)48(47-29-16-25-39)46-28-15-7-6-14-26-40-37(43)45-30-27-41-38(33-17-10-8-11-18-33,34-19-12-9-13-20-34)35-21-23-36(44-5)24-22-35/h8-13,17-24,31-32,41H,6-7,14-16,26-30H2,1-5H3,(H,40,43). The number of hydrogen-bond acceptors (Lipinski definition) is 8. The van der Waals surface area contributed by atoms with Crippen molar-refractivity contribution in [1.82, 2.24) is 15.3 Å². The highest BCUT2D eigenvalue weighted by atomic mass is 31.2. The first-order valence-corrected chi connectivity index (χ1v) is 18.1. The molecule has 0 heterocycles. The normalized spacial score (nSPS) is 12.2. The Morgan fingerprint density at radius 1 is 0.771 bits per heavy atom. The van der Waals surface area contributed by atoms with E-state index in [4.69, 9.17) is 23.8 Å². The van der Waals surface area contributed by atoms with Crippen LogP contribution in [0.2, 0.25) is 0 Å². The third kappa shape index (κ3) is 11.9. The van der Waals surface area contributed by atoms with Crippen LogP contribution in [0.5, 0.6) is 5.75 Å². The maximum atomic E-state index is 12.5. The number of nitrogens with zero attached hydrogens (tertiary/aromatic N) is 2. The van der Waals surface area contributed by atoms with Gasteiger partial charge in [0.1, 0.15) is 12.4 Å². The van der Waals surface area contributed by atoms with E-state index in [1.165, 1.54) is 0 Å². The summed E-state index contributed by atoms with van der Waals surface area (Å²) in [6.45, 7) is 10.7. The van der Waals surface area contributed by atoms with Crippen LogP contribution in [-0.4, -0.2) is 62.9 Å². The number of carbonyl (C=O) groups excluding carboxylic acids is 1. The number of unbranched alkanes of at least 4 members (excludes halogenated alkanes) is 3. The fourth-order valence-corrected chi connectivity index (χ4v) is 7.31. The summed E-state index contributed by atoms with van der Waals surface area (Å²) < 4.78 is 25.3. The molecule has 0 bridgehead atoms. The Morgan fingerprint density at radius 3 is 1.90 bits per heavy atom. The molecule has 0 radical (unpaired) electrons. The van der Waals surface area contributed by atoms with Crippen LogP contribution in [0.15, 0.2) is 84.9 Å². The van der Waals surface area contributed by atoms with Gasteiger partial charge in [-0.3, -0.25) is 5.32 Å². The Labute approximate surface area is 288 Å². The summed E-state index contributed by atoms with van der Waals surface area (Å²) in [5.41, 5.74) is 2.55. The molecule has 0 aliphatic heterocycles. The van der Waals surface area contributed by atoms with Gasteiger partial charge in [-0.2, -0.15) is 5.26 Å². The molecular weight excluding hydrogens is 623 g/mol. The summed E-state index contributed by atoms with van der Waals surface area (Å²) in [7, 11) is 0.452. The van der Waals surface area contributed by atoms with Crippen molar-refractivity contribution in [3.63, 3.8) is 0 Å². The van der Waals surface area contributed by atoms with Gasteiger partial charge >= 0.3 is 6.09 Å². The van der Waals surface area contributed by atoms with Crippen LogP contribution in [0.1, 0.15) is 76.5 Å². The molecule has 0 aliphatic rings. The predicted molar refractivity (Wildman–Crippen MR) is 193 cm³/mol. The first-order valence-electron chi connectivity index (χ1n) is 17.0. The highest BCUT2D eigenvalue weighted by Gasteiger charge is 2.36. The number of ether oxygens (including phenoxy) is 2. The van der Waals surface area contributed by atoms with E-state index in [-0.39, 0.29) is 18.7 Å². The Kier molecular flexibility index (Phi) is 17.4. The molecule has 10 heteroatoms. The van der Waals surface area contributed by atoms with Gasteiger partial charge in [0.05, 0.1) is 38.4 Å². The number of nitriles is 1. The summed E-state index contributed by atoms with van der Waals surface area (Å²) in [6.07, 6.45) is 3.64. The molecule has 0 saturated heterocycles. The third-order valence-electron chi connectivity index (χ3n) is 7.87. The Hall–Kier alpha value is -3.51. The minimum Gasteiger partial charge on any atom is -0.497 e. The zero-order chi connectivity index (χ0) is 34.6. The highest BCUT2D eigenvalue weighted by Crippen LogP contribution is 2.46. The number of hydrogen-bond donors (Lipinski definition) is 2. The summed E-state index contributed by atoms with van der Waals surface area (Å²) in [5.74, 6) is 0.786. The minimum atomic E-state index is -1.21. The Bertz CT molecular complexity index is 1310. The zero-order valence-corrected chi connectivity index (χ0v) is 30.1. The second-order valence-electron chi connectivity index (χ2n) is 12.0. The summed E-state index contributed by atoms with van der Waals surface area (Å²) in [6, 6.07) is 31.4. The smallest absolute Gasteiger partial charge is 0.407 e. The van der Waals surface area contributed by atoms with E-state index < -0.39 is 20.2 Å². The molecule has 3 aromatic carbocycles. The van der Waals surface area contributed by atoms with Gasteiger partial charge in [0.25, 0.3) is 8.53 Å².